The Morgan fingerprint density at radius 1 is 1.07 bits per heavy atom. The molecule has 1 saturated carbocycles. The summed E-state index contributed by atoms with van der Waals surface area (Å²) in [4.78, 5) is 12.3. The Morgan fingerprint density at radius 2 is 1.86 bits per heavy atom. The Balaban J connectivity index is 1.71. The highest BCUT2D eigenvalue weighted by Gasteiger charge is 2.45. The zero-order chi connectivity index (χ0) is 19.8. The Labute approximate surface area is 170 Å². The summed E-state index contributed by atoms with van der Waals surface area (Å²) >= 11 is 6.02. The molecular formula is C22H22ClNO3S. The van der Waals surface area contributed by atoms with Crippen LogP contribution in [-0.4, -0.2) is 31.6 Å². The lowest BCUT2D eigenvalue weighted by molar-refractivity contribution is -0.120. The van der Waals surface area contributed by atoms with Crippen molar-refractivity contribution >= 4 is 27.4 Å². The zero-order valence-electron chi connectivity index (χ0n) is 15.5. The minimum atomic E-state index is -3.66. The summed E-state index contributed by atoms with van der Waals surface area (Å²) in [6.45, 7) is 0.670. The van der Waals surface area contributed by atoms with Gasteiger partial charge in [0.15, 0.2) is 0 Å². The van der Waals surface area contributed by atoms with E-state index in [1.807, 2.05) is 24.3 Å². The number of rotatable bonds is 4. The third-order valence-corrected chi connectivity index (χ3v) is 7.83. The third-order valence-electron chi connectivity index (χ3n) is 5.79. The van der Waals surface area contributed by atoms with Gasteiger partial charge in [-0.2, -0.15) is 4.31 Å². The van der Waals surface area contributed by atoms with Crippen LogP contribution >= 0.6 is 11.6 Å². The number of ketones is 1. The summed E-state index contributed by atoms with van der Waals surface area (Å²) in [6.07, 6.45) is 4.28. The molecule has 1 aliphatic carbocycles. The normalized spacial score (nSPS) is 23.2. The molecule has 1 aliphatic heterocycles. The van der Waals surface area contributed by atoms with Crippen LogP contribution < -0.4 is 0 Å². The highest BCUT2D eigenvalue weighted by atomic mass is 35.5. The largest absolute Gasteiger partial charge is 0.299 e. The number of hydrogen-bond donors (Lipinski definition) is 0. The van der Waals surface area contributed by atoms with Gasteiger partial charge in [-0.25, -0.2) is 8.42 Å². The summed E-state index contributed by atoms with van der Waals surface area (Å²) in [5, 5.41) is 0.400. The van der Waals surface area contributed by atoms with Gasteiger partial charge in [0, 0.05) is 36.4 Å². The summed E-state index contributed by atoms with van der Waals surface area (Å²) in [7, 11) is -3.66. The SMILES string of the molecule is O=C1CCC2(Cc3ccccc3)CN(S(=O)(=O)c3cccc(Cl)c3)CC=C2C1. The summed E-state index contributed by atoms with van der Waals surface area (Å²) in [5.41, 5.74) is 1.91. The number of Topliss-reactive ketones (excluding diaryl/α,β-unsaturated/α-hetero) is 1. The molecule has 28 heavy (non-hydrogen) atoms. The molecule has 0 saturated heterocycles. The first-order valence-electron chi connectivity index (χ1n) is 9.40. The van der Waals surface area contributed by atoms with Crippen molar-refractivity contribution in [2.75, 3.05) is 13.1 Å². The lowest BCUT2D eigenvalue weighted by atomic mass is 9.65. The topological polar surface area (TPSA) is 54.5 Å². The van der Waals surface area contributed by atoms with Crippen LogP contribution in [0.5, 0.6) is 0 Å². The van der Waals surface area contributed by atoms with Crippen molar-refractivity contribution in [3.63, 3.8) is 0 Å². The van der Waals surface area contributed by atoms with Crippen LogP contribution in [0.15, 0.2) is 71.1 Å². The molecule has 0 spiro atoms. The molecule has 2 aromatic carbocycles. The fraction of sp³-hybridized carbons (Fsp3) is 0.318. The van der Waals surface area contributed by atoms with E-state index in [1.165, 1.54) is 10.4 Å². The number of hydrogen-bond acceptors (Lipinski definition) is 3. The second-order valence-corrected chi connectivity index (χ2v) is 10.0. The predicted molar refractivity (Wildman–Crippen MR) is 110 cm³/mol. The molecule has 0 bridgehead atoms. The Hall–Kier alpha value is -1.95. The van der Waals surface area contributed by atoms with Crippen molar-refractivity contribution in [3.8, 4) is 0 Å². The van der Waals surface area contributed by atoms with Gasteiger partial charge >= 0.3 is 0 Å². The lowest BCUT2D eigenvalue weighted by Crippen LogP contribution is -2.49. The molecule has 2 aliphatic rings. The van der Waals surface area contributed by atoms with E-state index in [1.54, 1.807) is 18.2 Å². The fourth-order valence-electron chi connectivity index (χ4n) is 4.32. The first kappa shape index (κ1) is 19.4. The summed E-state index contributed by atoms with van der Waals surface area (Å²) < 4.78 is 28.0. The maximum Gasteiger partial charge on any atom is 0.243 e. The second-order valence-electron chi connectivity index (χ2n) is 7.64. The van der Waals surface area contributed by atoms with Crippen LogP contribution in [0.2, 0.25) is 5.02 Å². The van der Waals surface area contributed by atoms with Crippen LogP contribution in [-0.2, 0) is 21.2 Å². The van der Waals surface area contributed by atoms with Gasteiger partial charge in [-0.1, -0.05) is 59.6 Å². The van der Waals surface area contributed by atoms with Gasteiger partial charge in [0.1, 0.15) is 5.78 Å². The average Bonchev–Trinajstić information content (AvgIpc) is 2.69. The van der Waals surface area contributed by atoms with Crippen molar-refractivity contribution in [3.05, 3.63) is 76.8 Å². The molecule has 6 heteroatoms. The number of fused-ring (bicyclic) bond motifs is 1. The second kappa shape index (κ2) is 7.47. The van der Waals surface area contributed by atoms with Crippen molar-refractivity contribution in [1.29, 1.82) is 0 Å². The number of carbonyl (C=O) groups is 1. The molecule has 1 fully saturated rings. The van der Waals surface area contributed by atoms with Crippen LogP contribution in [0.25, 0.3) is 0 Å². The number of carbonyl (C=O) groups excluding carboxylic acids is 1. The van der Waals surface area contributed by atoms with Crippen LogP contribution in [0.4, 0.5) is 0 Å². The van der Waals surface area contributed by atoms with Gasteiger partial charge in [0.25, 0.3) is 0 Å². The molecular weight excluding hydrogens is 394 g/mol. The lowest BCUT2D eigenvalue weighted by Gasteiger charge is -2.45. The molecule has 2 aromatic rings. The average molecular weight is 416 g/mol. The maximum atomic E-state index is 13.2. The van der Waals surface area contributed by atoms with Crippen LogP contribution in [0.3, 0.4) is 0 Å². The number of nitrogens with zero attached hydrogens (tertiary/aromatic N) is 1. The summed E-state index contributed by atoms with van der Waals surface area (Å²) in [6, 6.07) is 16.5. The van der Waals surface area contributed by atoms with E-state index in [-0.39, 0.29) is 22.6 Å². The van der Waals surface area contributed by atoms with Crippen molar-refractivity contribution in [1.82, 2.24) is 4.31 Å². The minimum absolute atomic E-state index is 0.207. The van der Waals surface area contributed by atoms with Gasteiger partial charge in [-0.15, -0.1) is 0 Å². The first-order valence-corrected chi connectivity index (χ1v) is 11.2. The zero-order valence-corrected chi connectivity index (χ0v) is 17.0. The minimum Gasteiger partial charge on any atom is -0.299 e. The van der Waals surface area contributed by atoms with Gasteiger partial charge < -0.3 is 0 Å². The van der Waals surface area contributed by atoms with E-state index in [9.17, 15) is 13.2 Å². The predicted octanol–water partition coefficient (Wildman–Crippen LogP) is 4.25. The number of benzene rings is 2. The number of sulfonamides is 1. The van der Waals surface area contributed by atoms with E-state index in [0.29, 0.717) is 30.8 Å². The van der Waals surface area contributed by atoms with Gasteiger partial charge in [-0.3, -0.25) is 4.79 Å². The molecule has 0 amide bonds. The van der Waals surface area contributed by atoms with Gasteiger partial charge in [-0.05, 0) is 36.6 Å². The fourth-order valence-corrected chi connectivity index (χ4v) is 6.08. The van der Waals surface area contributed by atoms with Crippen LogP contribution in [0, 0.1) is 5.41 Å². The smallest absolute Gasteiger partial charge is 0.243 e. The van der Waals surface area contributed by atoms with E-state index in [2.05, 4.69) is 12.1 Å². The first-order chi connectivity index (χ1) is 13.4. The van der Waals surface area contributed by atoms with Gasteiger partial charge in [0.2, 0.25) is 10.0 Å². The van der Waals surface area contributed by atoms with E-state index in [4.69, 9.17) is 11.6 Å². The van der Waals surface area contributed by atoms with Crippen LogP contribution in [0.1, 0.15) is 24.8 Å². The quantitative estimate of drug-likeness (QED) is 0.701. The third kappa shape index (κ3) is 3.66. The van der Waals surface area contributed by atoms with E-state index >= 15 is 0 Å². The Kier molecular flexibility index (Phi) is 5.17. The highest BCUT2D eigenvalue weighted by Crippen LogP contribution is 2.46. The van der Waals surface area contributed by atoms with Crippen molar-refractivity contribution in [2.24, 2.45) is 5.41 Å². The van der Waals surface area contributed by atoms with Crippen molar-refractivity contribution in [2.45, 2.75) is 30.6 Å². The molecule has 0 aromatic heterocycles. The highest BCUT2D eigenvalue weighted by molar-refractivity contribution is 7.89. The Bertz CT molecular complexity index is 1030. The maximum absolute atomic E-state index is 13.2. The monoisotopic (exact) mass is 415 g/mol. The molecule has 146 valence electrons. The van der Waals surface area contributed by atoms with E-state index < -0.39 is 10.0 Å². The number of halogens is 1. The van der Waals surface area contributed by atoms with E-state index in [0.717, 1.165) is 17.6 Å². The molecule has 4 rings (SSSR count). The molecule has 1 heterocycles. The molecule has 0 N–H and O–H groups in total. The van der Waals surface area contributed by atoms with Crippen molar-refractivity contribution < 1.29 is 13.2 Å². The molecule has 0 radical (unpaired) electrons. The molecule has 4 nitrogen and oxygen atoms in total. The Morgan fingerprint density at radius 3 is 2.61 bits per heavy atom. The molecule has 1 unspecified atom stereocenters. The summed E-state index contributed by atoms with van der Waals surface area (Å²) in [5.74, 6) is 0.237. The van der Waals surface area contributed by atoms with Gasteiger partial charge in [0.05, 0.1) is 4.90 Å². The molecule has 1 atom stereocenters. The standard InChI is InChI=1S/C22H22ClNO3S/c23-19-7-4-8-21(14-19)28(26,27)24-12-10-18-13-20(25)9-11-22(18,16-24)15-17-5-2-1-3-6-17/h1-8,10,14H,9,11-13,15-16H2.